The lowest BCUT2D eigenvalue weighted by Crippen LogP contribution is -2.15. The van der Waals surface area contributed by atoms with Crippen LogP contribution in [0.4, 0.5) is 0 Å². The summed E-state index contributed by atoms with van der Waals surface area (Å²) in [5.41, 5.74) is 2.91. The van der Waals surface area contributed by atoms with E-state index in [1.165, 1.54) is 0 Å². The van der Waals surface area contributed by atoms with Gasteiger partial charge >= 0.3 is 11.9 Å². The van der Waals surface area contributed by atoms with Gasteiger partial charge in [-0.2, -0.15) is 8.75 Å². The number of carbonyl (C=O) groups is 2. The minimum Gasteiger partial charge on any atom is -0.486 e. The number of hydrogen-bond donors (Lipinski definition) is 0. The van der Waals surface area contributed by atoms with E-state index >= 15 is 0 Å². The Kier molecular flexibility index (Phi) is 3.26. The maximum atomic E-state index is 12.4. The molecule has 0 unspecified atom stereocenters. The fraction of sp³-hybridized carbons (Fsp3) is 0.111. The van der Waals surface area contributed by atoms with Gasteiger partial charge < -0.3 is 14.2 Å². The molecule has 3 heterocycles. The van der Waals surface area contributed by atoms with Gasteiger partial charge in [-0.1, -0.05) is 12.1 Å². The van der Waals surface area contributed by atoms with Crippen LogP contribution in [0, 0.1) is 0 Å². The molecule has 2 aliphatic heterocycles. The molecular weight excluding hydrogens is 356 g/mol. The molecule has 2 aromatic carbocycles. The molecule has 2 aliphatic rings. The number of rotatable bonds is 2. The Bertz CT molecular complexity index is 1120. The molecule has 7 nitrogen and oxygen atoms in total. The Morgan fingerprint density at radius 3 is 2.23 bits per heavy atom. The second-order valence-corrected chi connectivity index (χ2v) is 6.28. The molecule has 3 aromatic rings. The van der Waals surface area contributed by atoms with Crippen molar-refractivity contribution in [2.75, 3.05) is 13.2 Å². The molecule has 0 amide bonds. The van der Waals surface area contributed by atoms with Crippen molar-refractivity contribution < 1.29 is 23.8 Å². The predicted molar refractivity (Wildman–Crippen MR) is 92.8 cm³/mol. The predicted octanol–water partition coefficient (Wildman–Crippen LogP) is 2.46. The van der Waals surface area contributed by atoms with Crippen LogP contribution in [0.2, 0.25) is 0 Å². The minimum atomic E-state index is -0.682. The summed E-state index contributed by atoms with van der Waals surface area (Å²) in [6.45, 7) is 0.905. The molecule has 0 spiro atoms. The van der Waals surface area contributed by atoms with Crippen LogP contribution in [0.1, 0.15) is 11.1 Å². The molecule has 0 saturated carbocycles. The molecule has 5 rings (SSSR count). The molecule has 0 aliphatic carbocycles. The lowest BCUT2D eigenvalue weighted by molar-refractivity contribution is -0.149. The summed E-state index contributed by atoms with van der Waals surface area (Å²) in [5, 5.41) is 0. The fourth-order valence-corrected chi connectivity index (χ4v) is 3.57. The number of ether oxygens (including phenoxy) is 3. The van der Waals surface area contributed by atoms with E-state index in [1.807, 2.05) is 0 Å². The minimum absolute atomic E-state index is 0.203. The van der Waals surface area contributed by atoms with Crippen LogP contribution in [-0.2, 0) is 14.3 Å². The van der Waals surface area contributed by atoms with Crippen LogP contribution in [0.5, 0.6) is 11.5 Å². The van der Waals surface area contributed by atoms with Gasteiger partial charge in [0.25, 0.3) is 0 Å². The first kappa shape index (κ1) is 15.0. The Balaban J connectivity index is 1.70. The number of cyclic esters (lactones) is 2. The van der Waals surface area contributed by atoms with Crippen molar-refractivity contribution in [1.29, 1.82) is 0 Å². The van der Waals surface area contributed by atoms with Crippen molar-refractivity contribution in [3.8, 4) is 11.5 Å². The van der Waals surface area contributed by atoms with Crippen molar-refractivity contribution in [2.45, 2.75) is 0 Å². The number of carbonyl (C=O) groups excluding carboxylic acids is 2. The van der Waals surface area contributed by atoms with Crippen molar-refractivity contribution in [3.63, 3.8) is 0 Å². The second kappa shape index (κ2) is 5.63. The summed E-state index contributed by atoms with van der Waals surface area (Å²) in [6, 6.07) is 10.3. The molecule has 0 N–H and O–H groups in total. The van der Waals surface area contributed by atoms with Crippen molar-refractivity contribution in [2.24, 2.45) is 0 Å². The van der Waals surface area contributed by atoms with Crippen LogP contribution < -0.4 is 9.47 Å². The lowest BCUT2D eigenvalue weighted by atomic mass is 9.95. The van der Waals surface area contributed by atoms with Gasteiger partial charge in [-0.15, -0.1) is 0 Å². The van der Waals surface area contributed by atoms with Gasteiger partial charge in [-0.05, 0) is 35.4 Å². The van der Waals surface area contributed by atoms with Crippen LogP contribution in [0.15, 0.2) is 36.4 Å². The Morgan fingerprint density at radius 2 is 1.42 bits per heavy atom. The third-order valence-corrected chi connectivity index (χ3v) is 4.77. The summed E-state index contributed by atoms with van der Waals surface area (Å²) in [6.07, 6.45) is 0. The first-order valence-electron chi connectivity index (χ1n) is 7.84. The SMILES string of the molecule is O=C1OC(=O)C(c2ccc3nsnc3c2)=C1c1ccc2c(c1)OCCO2. The number of hydrogen-bond acceptors (Lipinski definition) is 8. The zero-order valence-corrected chi connectivity index (χ0v) is 14.0. The first-order valence-corrected chi connectivity index (χ1v) is 8.57. The van der Waals surface area contributed by atoms with Gasteiger partial charge in [0.05, 0.1) is 22.9 Å². The largest absolute Gasteiger partial charge is 0.486 e. The van der Waals surface area contributed by atoms with Gasteiger partial charge in [-0.25, -0.2) is 9.59 Å². The number of nitrogens with zero attached hydrogens (tertiary/aromatic N) is 2. The standard InChI is InChI=1S/C18H10N2O5S/c21-17-15(9-1-3-11-12(7-9)20-26-19-11)16(18(22)25-17)10-2-4-13-14(8-10)24-6-5-23-13/h1-4,7-8H,5-6H2. The molecule has 26 heavy (non-hydrogen) atoms. The quantitative estimate of drug-likeness (QED) is 0.508. The van der Waals surface area contributed by atoms with E-state index < -0.39 is 11.9 Å². The van der Waals surface area contributed by atoms with Gasteiger partial charge in [-0.3, -0.25) is 0 Å². The maximum Gasteiger partial charge on any atom is 0.347 e. The Hall–Kier alpha value is -3.26. The molecule has 128 valence electrons. The van der Waals surface area contributed by atoms with Gasteiger partial charge in [0.1, 0.15) is 24.2 Å². The zero-order chi connectivity index (χ0) is 17.7. The van der Waals surface area contributed by atoms with Crippen molar-refractivity contribution in [1.82, 2.24) is 8.75 Å². The number of benzene rings is 2. The third-order valence-electron chi connectivity index (χ3n) is 4.22. The van der Waals surface area contributed by atoms with Gasteiger partial charge in [0.15, 0.2) is 11.5 Å². The summed E-state index contributed by atoms with van der Waals surface area (Å²) < 4.78 is 24.3. The van der Waals surface area contributed by atoms with E-state index in [0.717, 1.165) is 17.2 Å². The van der Waals surface area contributed by atoms with E-state index in [-0.39, 0.29) is 11.1 Å². The summed E-state index contributed by atoms with van der Waals surface area (Å²) in [7, 11) is 0. The van der Waals surface area contributed by atoms with E-state index in [2.05, 4.69) is 8.75 Å². The highest BCUT2D eigenvalue weighted by atomic mass is 32.1. The van der Waals surface area contributed by atoms with Crippen LogP contribution >= 0.6 is 11.7 Å². The molecule has 0 fully saturated rings. The highest BCUT2D eigenvalue weighted by Crippen LogP contribution is 2.39. The van der Waals surface area contributed by atoms with E-state index in [9.17, 15) is 9.59 Å². The topological polar surface area (TPSA) is 87.6 Å². The zero-order valence-electron chi connectivity index (χ0n) is 13.2. The second-order valence-electron chi connectivity index (χ2n) is 5.75. The van der Waals surface area contributed by atoms with E-state index in [0.29, 0.717) is 41.4 Å². The Labute approximate surface area is 151 Å². The fourth-order valence-electron chi connectivity index (χ4n) is 3.05. The average Bonchev–Trinajstić information content (AvgIpc) is 3.24. The van der Waals surface area contributed by atoms with Crippen LogP contribution in [-0.4, -0.2) is 33.9 Å². The molecule has 0 bridgehead atoms. The van der Waals surface area contributed by atoms with Gasteiger partial charge in [0.2, 0.25) is 0 Å². The number of fused-ring (bicyclic) bond motifs is 2. The van der Waals surface area contributed by atoms with Gasteiger partial charge in [0, 0.05) is 0 Å². The summed E-state index contributed by atoms with van der Waals surface area (Å²) >= 11 is 1.09. The molecule has 0 atom stereocenters. The third kappa shape index (κ3) is 2.26. The average molecular weight is 366 g/mol. The maximum absolute atomic E-state index is 12.4. The molecule has 0 saturated heterocycles. The van der Waals surface area contributed by atoms with E-state index in [1.54, 1.807) is 36.4 Å². The van der Waals surface area contributed by atoms with Crippen LogP contribution in [0.25, 0.3) is 22.2 Å². The molecule has 0 radical (unpaired) electrons. The highest BCUT2D eigenvalue weighted by molar-refractivity contribution is 7.00. The smallest absolute Gasteiger partial charge is 0.347 e. The monoisotopic (exact) mass is 366 g/mol. The summed E-state index contributed by atoms with van der Waals surface area (Å²) in [5.74, 6) is -0.220. The molecule has 8 heteroatoms. The molecule has 1 aromatic heterocycles. The first-order chi connectivity index (χ1) is 12.7. The molecular formula is C18H10N2O5S. The van der Waals surface area contributed by atoms with Crippen molar-refractivity contribution in [3.05, 3.63) is 47.5 Å². The lowest BCUT2D eigenvalue weighted by Gasteiger charge is -2.18. The normalized spacial score (nSPS) is 16.3. The Morgan fingerprint density at radius 1 is 0.769 bits per heavy atom. The van der Waals surface area contributed by atoms with E-state index in [4.69, 9.17) is 14.2 Å². The van der Waals surface area contributed by atoms with Crippen molar-refractivity contribution >= 4 is 45.8 Å². The van der Waals surface area contributed by atoms with Crippen LogP contribution in [0.3, 0.4) is 0 Å². The number of esters is 2. The summed E-state index contributed by atoms with van der Waals surface area (Å²) in [4.78, 5) is 24.7. The number of aromatic nitrogens is 2. The highest BCUT2D eigenvalue weighted by Gasteiger charge is 2.35.